The first-order chi connectivity index (χ1) is 14.1. The van der Waals surface area contributed by atoms with Gasteiger partial charge in [-0.15, -0.1) is 0 Å². The van der Waals surface area contributed by atoms with Crippen molar-refractivity contribution in [3.63, 3.8) is 0 Å². The molecule has 0 atom stereocenters. The summed E-state index contributed by atoms with van der Waals surface area (Å²) in [6, 6.07) is 6.40. The van der Waals surface area contributed by atoms with Gasteiger partial charge in [0.15, 0.2) is 9.84 Å². The predicted octanol–water partition coefficient (Wildman–Crippen LogP) is 4.34. The number of hydrogen-bond donors (Lipinski definition) is 0. The Morgan fingerprint density at radius 1 is 1.17 bits per heavy atom. The molecule has 1 saturated heterocycles. The van der Waals surface area contributed by atoms with Gasteiger partial charge in [0.05, 0.1) is 17.1 Å². The molecule has 1 fully saturated rings. The molecule has 1 aliphatic heterocycles. The van der Waals surface area contributed by atoms with E-state index in [0.29, 0.717) is 25.1 Å². The molecule has 0 aromatic heterocycles. The van der Waals surface area contributed by atoms with Gasteiger partial charge in [-0.1, -0.05) is 12.1 Å². The van der Waals surface area contributed by atoms with Gasteiger partial charge in [0.2, 0.25) is 0 Å². The van der Waals surface area contributed by atoms with Crippen LogP contribution in [-0.4, -0.2) is 39.0 Å². The van der Waals surface area contributed by atoms with Crippen LogP contribution in [0.15, 0.2) is 41.2 Å². The summed E-state index contributed by atoms with van der Waals surface area (Å²) in [6.45, 7) is 6.58. The van der Waals surface area contributed by atoms with Gasteiger partial charge in [-0.25, -0.2) is 12.8 Å². The third kappa shape index (κ3) is 8.44. The number of ether oxygens (including phenoxy) is 3. The van der Waals surface area contributed by atoms with Gasteiger partial charge in [0.1, 0.15) is 24.3 Å². The van der Waals surface area contributed by atoms with Gasteiger partial charge in [-0.05, 0) is 57.2 Å². The van der Waals surface area contributed by atoms with E-state index in [0.717, 1.165) is 12.8 Å². The van der Waals surface area contributed by atoms with Crippen molar-refractivity contribution in [2.75, 3.05) is 19.0 Å². The van der Waals surface area contributed by atoms with Crippen molar-refractivity contribution in [3.05, 3.63) is 41.9 Å². The lowest BCUT2D eigenvalue weighted by Gasteiger charge is -2.21. The van der Waals surface area contributed by atoms with Crippen molar-refractivity contribution in [2.24, 2.45) is 5.92 Å². The van der Waals surface area contributed by atoms with E-state index >= 15 is 0 Å². The minimum Gasteiger partial charge on any atom is -0.491 e. The fourth-order valence-corrected chi connectivity index (χ4v) is 4.76. The zero-order valence-corrected chi connectivity index (χ0v) is 18.7. The zero-order valence-electron chi connectivity index (χ0n) is 17.9. The summed E-state index contributed by atoms with van der Waals surface area (Å²) in [4.78, 5) is 12.0. The zero-order chi connectivity index (χ0) is 22.2. The van der Waals surface area contributed by atoms with E-state index in [1.807, 2.05) is 0 Å². The number of sulfone groups is 1. The Kier molecular flexibility index (Phi) is 8.85. The van der Waals surface area contributed by atoms with Gasteiger partial charge in [-0.2, -0.15) is 0 Å². The Bertz CT molecular complexity index is 818. The highest BCUT2D eigenvalue weighted by Gasteiger charge is 2.23. The lowest BCUT2D eigenvalue weighted by molar-refractivity contribution is -0.154. The molecule has 0 amide bonds. The molecular formula is C22H31FO6S. The van der Waals surface area contributed by atoms with E-state index in [1.165, 1.54) is 0 Å². The van der Waals surface area contributed by atoms with Gasteiger partial charge >= 0.3 is 5.97 Å². The Morgan fingerprint density at radius 2 is 1.80 bits per heavy atom. The highest BCUT2D eigenvalue weighted by molar-refractivity contribution is 7.91. The lowest BCUT2D eigenvalue weighted by Crippen LogP contribution is -2.23. The molecule has 2 rings (SSSR count). The maximum atomic E-state index is 13.1. The molecule has 1 aliphatic rings. The number of allylic oxidation sites excluding steroid dienone is 1. The van der Waals surface area contributed by atoms with Crippen LogP contribution in [0.2, 0.25) is 0 Å². The van der Waals surface area contributed by atoms with Crippen LogP contribution in [-0.2, 0) is 35.4 Å². The van der Waals surface area contributed by atoms with E-state index < -0.39 is 21.4 Å². The van der Waals surface area contributed by atoms with Crippen LogP contribution in [0.25, 0.3) is 0 Å². The Labute approximate surface area is 178 Å². The normalized spacial score (nSPS) is 16.3. The molecule has 0 N–H and O–H groups in total. The third-order valence-electron chi connectivity index (χ3n) is 4.62. The average molecular weight is 443 g/mol. The number of rotatable bonds is 9. The number of carbonyl (C=O) groups is 1. The van der Waals surface area contributed by atoms with Crippen LogP contribution in [0.5, 0.6) is 0 Å². The fourth-order valence-electron chi connectivity index (χ4n) is 3.06. The molecule has 1 aromatic carbocycles. The van der Waals surface area contributed by atoms with E-state index in [2.05, 4.69) is 0 Å². The van der Waals surface area contributed by atoms with Gasteiger partial charge in [-0.3, -0.25) is 4.79 Å². The summed E-state index contributed by atoms with van der Waals surface area (Å²) < 4.78 is 54.1. The molecule has 6 nitrogen and oxygen atoms in total. The summed E-state index contributed by atoms with van der Waals surface area (Å²) in [5.41, 5.74) is 0.112. The van der Waals surface area contributed by atoms with Gasteiger partial charge < -0.3 is 14.2 Å². The van der Waals surface area contributed by atoms with Crippen LogP contribution >= 0.6 is 0 Å². The first kappa shape index (κ1) is 24.3. The maximum absolute atomic E-state index is 13.1. The van der Waals surface area contributed by atoms with Crippen molar-refractivity contribution >= 4 is 15.8 Å². The molecule has 0 radical (unpaired) electrons. The molecule has 0 aliphatic carbocycles. The molecule has 1 heterocycles. The molecule has 8 heteroatoms. The van der Waals surface area contributed by atoms with Crippen LogP contribution in [0, 0.1) is 5.92 Å². The minimum absolute atomic E-state index is 0.0103. The second-order valence-corrected chi connectivity index (χ2v) is 10.5. The molecule has 30 heavy (non-hydrogen) atoms. The van der Waals surface area contributed by atoms with E-state index in [1.54, 1.807) is 45.0 Å². The molecular weight excluding hydrogens is 411 g/mol. The predicted molar refractivity (Wildman–Crippen MR) is 111 cm³/mol. The number of carbonyl (C=O) groups excluding carboxylic acids is 1. The van der Waals surface area contributed by atoms with Crippen LogP contribution < -0.4 is 0 Å². The molecule has 0 unspecified atom stereocenters. The molecule has 0 spiro atoms. The van der Waals surface area contributed by atoms with E-state index in [4.69, 9.17) is 14.2 Å². The first-order valence-corrected chi connectivity index (χ1v) is 11.8. The quantitative estimate of drug-likeness (QED) is 0.418. The number of esters is 1. The van der Waals surface area contributed by atoms with Gasteiger partial charge in [0.25, 0.3) is 0 Å². The largest absolute Gasteiger partial charge is 0.491 e. The molecule has 0 bridgehead atoms. The highest BCUT2D eigenvalue weighted by Crippen LogP contribution is 2.22. The number of benzene rings is 1. The summed E-state index contributed by atoms with van der Waals surface area (Å²) in [5, 5.41) is 0. The third-order valence-corrected chi connectivity index (χ3v) is 6.52. The molecule has 0 saturated carbocycles. The second kappa shape index (κ2) is 10.9. The lowest BCUT2D eigenvalue weighted by atomic mass is 10.0. The monoisotopic (exact) mass is 442 g/mol. The summed E-state index contributed by atoms with van der Waals surface area (Å²) in [5.74, 6) is -0.151. The summed E-state index contributed by atoms with van der Waals surface area (Å²) in [6.07, 6.45) is 1.94. The van der Waals surface area contributed by atoms with Crippen molar-refractivity contribution in [2.45, 2.75) is 63.6 Å². The first-order valence-electron chi connectivity index (χ1n) is 10.1. The van der Waals surface area contributed by atoms with E-state index in [9.17, 15) is 17.6 Å². The van der Waals surface area contributed by atoms with Crippen molar-refractivity contribution < 1.29 is 31.8 Å². The Balaban J connectivity index is 1.85. The minimum atomic E-state index is -3.36. The molecule has 168 valence electrons. The summed E-state index contributed by atoms with van der Waals surface area (Å²) in [7, 11) is -3.36. The SMILES string of the molecule is CC(C)(C)OC(=O)CC/C(=C\F)OCc1ccc(S(=O)(=O)CC2CCOCC2)cc1. The summed E-state index contributed by atoms with van der Waals surface area (Å²) >= 11 is 0. The van der Waals surface area contributed by atoms with E-state index in [-0.39, 0.29) is 41.8 Å². The van der Waals surface area contributed by atoms with Crippen molar-refractivity contribution in [1.82, 2.24) is 0 Å². The van der Waals surface area contributed by atoms with Crippen molar-refractivity contribution in [1.29, 1.82) is 0 Å². The average Bonchev–Trinajstić information content (AvgIpc) is 2.67. The standard InChI is InChI=1S/C22H31FO6S/c1-22(2,3)29-21(24)9-6-19(14-23)28-15-17-4-7-20(8-5-17)30(25,26)16-18-10-12-27-13-11-18/h4-5,7-8,14,18H,6,9-13,15-16H2,1-3H3/b19-14+. The Hall–Kier alpha value is -1.93. The highest BCUT2D eigenvalue weighted by atomic mass is 32.2. The van der Waals surface area contributed by atoms with Crippen LogP contribution in [0.1, 0.15) is 52.0 Å². The van der Waals surface area contributed by atoms with Crippen molar-refractivity contribution in [3.8, 4) is 0 Å². The Morgan fingerprint density at radius 3 is 2.37 bits per heavy atom. The maximum Gasteiger partial charge on any atom is 0.306 e. The molecule has 1 aromatic rings. The van der Waals surface area contributed by atoms with Crippen LogP contribution in [0.4, 0.5) is 4.39 Å². The topological polar surface area (TPSA) is 78.9 Å². The smallest absolute Gasteiger partial charge is 0.306 e. The second-order valence-electron chi connectivity index (χ2n) is 8.43. The fraction of sp³-hybridized carbons (Fsp3) is 0.591. The number of hydrogen-bond acceptors (Lipinski definition) is 6. The number of halogens is 1. The van der Waals surface area contributed by atoms with Crippen LogP contribution in [0.3, 0.4) is 0 Å². The van der Waals surface area contributed by atoms with Gasteiger partial charge in [0, 0.05) is 19.6 Å².